The number of carbonyl (C=O) groups is 1. The molecular weight excluding hydrogens is 186 g/mol. The third-order valence-corrected chi connectivity index (χ3v) is 2.02. The van der Waals surface area contributed by atoms with Crippen molar-refractivity contribution in [3.8, 4) is 0 Å². The number of nitrogen functional groups attached to an aromatic ring is 1. The van der Waals surface area contributed by atoms with Crippen LogP contribution in [-0.4, -0.2) is 12.6 Å². The van der Waals surface area contributed by atoms with E-state index in [1.54, 1.807) is 18.4 Å². The molecule has 13 heavy (non-hydrogen) atoms. The van der Waals surface area contributed by atoms with Gasteiger partial charge in [-0.2, -0.15) is 0 Å². The lowest BCUT2D eigenvalue weighted by Gasteiger charge is -1.95. The lowest BCUT2D eigenvalue weighted by atomic mass is 10.4. The van der Waals surface area contributed by atoms with Crippen LogP contribution in [0.4, 0.5) is 5.69 Å². The Balaban J connectivity index is 0.000000671. The Morgan fingerprint density at radius 2 is 2.23 bits per heavy atom. The second-order valence-corrected chi connectivity index (χ2v) is 2.88. The number of carbonyl (C=O) groups excluding carboxylic acids is 1. The monoisotopic (exact) mass is 201 g/mol. The van der Waals surface area contributed by atoms with Crippen molar-refractivity contribution >= 4 is 23.0 Å². The van der Waals surface area contributed by atoms with Crippen LogP contribution in [-0.2, 0) is 4.74 Å². The van der Waals surface area contributed by atoms with E-state index in [2.05, 4.69) is 0 Å². The minimum Gasteiger partial charge on any atom is -0.462 e. The Hall–Kier alpha value is -1.03. The molecule has 0 spiro atoms. The predicted octanol–water partition coefficient (Wildman–Crippen LogP) is 2.53. The lowest BCUT2D eigenvalue weighted by Crippen LogP contribution is -2.01. The van der Waals surface area contributed by atoms with Gasteiger partial charge in [-0.3, -0.25) is 0 Å². The summed E-state index contributed by atoms with van der Waals surface area (Å²) in [5, 5.41) is 1.71. The summed E-state index contributed by atoms with van der Waals surface area (Å²) < 4.78 is 4.76. The van der Waals surface area contributed by atoms with E-state index in [4.69, 9.17) is 10.5 Å². The predicted molar refractivity (Wildman–Crippen MR) is 56.0 cm³/mol. The van der Waals surface area contributed by atoms with Gasteiger partial charge in [0.25, 0.3) is 0 Å². The zero-order valence-corrected chi connectivity index (χ0v) is 8.98. The van der Waals surface area contributed by atoms with Crippen LogP contribution in [0.25, 0.3) is 0 Å². The van der Waals surface area contributed by atoms with Gasteiger partial charge >= 0.3 is 5.97 Å². The minimum atomic E-state index is -0.297. The van der Waals surface area contributed by atoms with Gasteiger partial charge in [-0.15, -0.1) is 11.3 Å². The second-order valence-electron chi connectivity index (χ2n) is 1.96. The molecule has 3 nitrogen and oxygen atoms in total. The molecule has 0 amide bonds. The number of hydrogen-bond donors (Lipinski definition) is 1. The van der Waals surface area contributed by atoms with Crippen LogP contribution in [0.3, 0.4) is 0 Å². The molecule has 0 aliphatic carbocycles. The smallest absolute Gasteiger partial charge is 0.348 e. The summed E-state index contributed by atoms with van der Waals surface area (Å²) in [5.74, 6) is -0.297. The Kier molecular flexibility index (Phi) is 5.97. The van der Waals surface area contributed by atoms with Crippen LogP contribution >= 0.6 is 11.3 Å². The highest BCUT2D eigenvalue weighted by molar-refractivity contribution is 7.12. The Morgan fingerprint density at radius 3 is 2.62 bits per heavy atom. The van der Waals surface area contributed by atoms with E-state index in [-0.39, 0.29) is 5.97 Å². The van der Waals surface area contributed by atoms with Crippen molar-refractivity contribution in [2.45, 2.75) is 20.8 Å². The molecule has 0 aromatic carbocycles. The van der Waals surface area contributed by atoms with Crippen LogP contribution in [0.1, 0.15) is 30.4 Å². The van der Waals surface area contributed by atoms with Gasteiger partial charge in [0, 0.05) is 11.1 Å². The van der Waals surface area contributed by atoms with Crippen molar-refractivity contribution in [1.82, 2.24) is 0 Å². The number of anilines is 1. The van der Waals surface area contributed by atoms with Gasteiger partial charge in [-0.1, -0.05) is 13.8 Å². The molecule has 1 heterocycles. The highest BCUT2D eigenvalue weighted by atomic mass is 32.1. The molecule has 1 rings (SSSR count). The Labute approximate surface area is 82.5 Å². The standard InChI is InChI=1S/C7H9NO2S.C2H6/c1-2-10-7(9)6-3-5(8)4-11-6;1-2/h3-4H,2,8H2,1H3;1-2H3. The lowest BCUT2D eigenvalue weighted by molar-refractivity contribution is 0.0532. The number of thiophene rings is 1. The van der Waals surface area contributed by atoms with Crippen molar-refractivity contribution in [1.29, 1.82) is 0 Å². The van der Waals surface area contributed by atoms with Crippen LogP contribution in [0, 0.1) is 0 Å². The Morgan fingerprint density at radius 1 is 1.62 bits per heavy atom. The molecule has 1 aromatic rings. The number of rotatable bonds is 2. The molecule has 0 saturated heterocycles. The highest BCUT2D eigenvalue weighted by Gasteiger charge is 2.07. The summed E-state index contributed by atoms with van der Waals surface area (Å²) in [4.78, 5) is 11.6. The third-order valence-electron chi connectivity index (χ3n) is 1.10. The largest absolute Gasteiger partial charge is 0.462 e. The van der Waals surface area contributed by atoms with Gasteiger partial charge in [-0.25, -0.2) is 4.79 Å². The molecule has 0 fully saturated rings. The van der Waals surface area contributed by atoms with E-state index in [9.17, 15) is 4.79 Å². The fourth-order valence-electron chi connectivity index (χ4n) is 0.660. The highest BCUT2D eigenvalue weighted by Crippen LogP contribution is 2.16. The van der Waals surface area contributed by atoms with Gasteiger partial charge in [0.2, 0.25) is 0 Å². The average molecular weight is 201 g/mol. The van der Waals surface area contributed by atoms with E-state index in [0.29, 0.717) is 17.2 Å². The molecule has 0 saturated carbocycles. The van der Waals surface area contributed by atoms with Crippen LogP contribution in [0.5, 0.6) is 0 Å². The third kappa shape index (κ3) is 3.94. The van der Waals surface area contributed by atoms with Gasteiger partial charge in [0.15, 0.2) is 0 Å². The molecular formula is C9H15NO2S. The van der Waals surface area contributed by atoms with Crippen molar-refractivity contribution in [2.24, 2.45) is 0 Å². The molecule has 74 valence electrons. The molecule has 1 aromatic heterocycles. The van der Waals surface area contributed by atoms with Crippen LogP contribution in [0.2, 0.25) is 0 Å². The molecule has 0 unspecified atom stereocenters. The zero-order chi connectivity index (χ0) is 10.3. The van der Waals surface area contributed by atoms with E-state index < -0.39 is 0 Å². The second kappa shape index (κ2) is 6.48. The quantitative estimate of drug-likeness (QED) is 0.748. The van der Waals surface area contributed by atoms with Crippen molar-refractivity contribution < 1.29 is 9.53 Å². The van der Waals surface area contributed by atoms with E-state index in [1.807, 2.05) is 13.8 Å². The summed E-state index contributed by atoms with van der Waals surface area (Å²) in [5.41, 5.74) is 6.02. The number of hydrogen-bond acceptors (Lipinski definition) is 4. The first-order chi connectivity index (χ1) is 6.24. The molecule has 0 radical (unpaired) electrons. The van der Waals surface area contributed by atoms with Crippen molar-refractivity contribution in [2.75, 3.05) is 12.3 Å². The Bertz CT molecular complexity index is 258. The summed E-state index contributed by atoms with van der Waals surface area (Å²) >= 11 is 1.30. The van der Waals surface area contributed by atoms with Crippen LogP contribution < -0.4 is 5.73 Å². The van der Waals surface area contributed by atoms with Gasteiger partial charge in [-0.05, 0) is 13.0 Å². The summed E-state index contributed by atoms with van der Waals surface area (Å²) in [6.45, 7) is 6.17. The fraction of sp³-hybridized carbons (Fsp3) is 0.444. The number of esters is 1. The van der Waals surface area contributed by atoms with Gasteiger partial charge in [0.1, 0.15) is 4.88 Å². The maximum Gasteiger partial charge on any atom is 0.348 e. The molecule has 0 bridgehead atoms. The first kappa shape index (κ1) is 12.0. The zero-order valence-electron chi connectivity index (χ0n) is 8.16. The topological polar surface area (TPSA) is 52.3 Å². The van der Waals surface area contributed by atoms with E-state index in [0.717, 1.165) is 0 Å². The van der Waals surface area contributed by atoms with Crippen molar-refractivity contribution in [3.05, 3.63) is 16.3 Å². The molecule has 0 aliphatic heterocycles. The van der Waals surface area contributed by atoms with Crippen molar-refractivity contribution in [3.63, 3.8) is 0 Å². The van der Waals surface area contributed by atoms with Crippen LogP contribution in [0.15, 0.2) is 11.4 Å². The molecule has 2 N–H and O–H groups in total. The maximum atomic E-state index is 11.0. The van der Waals surface area contributed by atoms with Gasteiger partial charge in [0.05, 0.1) is 6.61 Å². The molecule has 0 aliphatic rings. The molecule has 0 atom stereocenters. The summed E-state index contributed by atoms with van der Waals surface area (Å²) in [6, 6.07) is 1.61. The maximum absolute atomic E-state index is 11.0. The average Bonchev–Trinajstić information content (AvgIpc) is 2.56. The van der Waals surface area contributed by atoms with E-state index >= 15 is 0 Å². The SMILES string of the molecule is CC.CCOC(=O)c1cc(N)cs1. The number of nitrogens with two attached hydrogens (primary N) is 1. The van der Waals surface area contributed by atoms with E-state index in [1.165, 1.54) is 11.3 Å². The summed E-state index contributed by atoms with van der Waals surface area (Å²) in [7, 11) is 0. The fourth-order valence-corrected chi connectivity index (χ4v) is 1.35. The first-order valence-electron chi connectivity index (χ1n) is 4.25. The minimum absolute atomic E-state index is 0.297. The normalized spacial score (nSPS) is 8.54. The number of ether oxygens (including phenoxy) is 1. The molecule has 4 heteroatoms. The first-order valence-corrected chi connectivity index (χ1v) is 5.13. The van der Waals surface area contributed by atoms with Gasteiger partial charge < -0.3 is 10.5 Å². The summed E-state index contributed by atoms with van der Waals surface area (Å²) in [6.07, 6.45) is 0.